The Labute approximate surface area is 437 Å². The molecule has 0 rings (SSSR count). The quantitative estimate of drug-likeness (QED) is 0.0261. The third-order valence-corrected chi connectivity index (χ3v) is 11.9. The Morgan fingerprint density at radius 1 is 0.296 bits per heavy atom. The van der Waals surface area contributed by atoms with E-state index in [9.17, 15) is 14.4 Å². The molecule has 0 aromatic carbocycles. The van der Waals surface area contributed by atoms with Crippen molar-refractivity contribution in [2.24, 2.45) is 0 Å². The molecule has 0 aliphatic rings. The summed E-state index contributed by atoms with van der Waals surface area (Å²) in [5.74, 6) is -0.986. The largest absolute Gasteiger partial charge is 0.462 e. The second kappa shape index (κ2) is 58.4. The third kappa shape index (κ3) is 56.6. The predicted octanol–water partition coefficient (Wildman–Crippen LogP) is 19.6. The van der Waals surface area contributed by atoms with Crippen LogP contribution in [0.3, 0.4) is 0 Å². The van der Waals surface area contributed by atoms with Crippen molar-refractivity contribution >= 4 is 17.9 Å². The van der Waals surface area contributed by atoms with Gasteiger partial charge in [0.1, 0.15) is 13.2 Å². The van der Waals surface area contributed by atoms with Crippen molar-refractivity contribution in [1.29, 1.82) is 0 Å². The lowest BCUT2D eigenvalue weighted by Crippen LogP contribution is -2.30. The Balaban J connectivity index is 4.51. The van der Waals surface area contributed by atoms with Crippen LogP contribution in [0.2, 0.25) is 0 Å². The minimum absolute atomic E-state index is 0.112. The van der Waals surface area contributed by atoms with Gasteiger partial charge in [0.2, 0.25) is 0 Å². The molecule has 0 radical (unpaired) electrons. The topological polar surface area (TPSA) is 78.9 Å². The van der Waals surface area contributed by atoms with E-state index in [1.165, 1.54) is 89.9 Å². The first-order valence-corrected chi connectivity index (χ1v) is 29.0. The van der Waals surface area contributed by atoms with E-state index in [0.29, 0.717) is 25.7 Å². The van der Waals surface area contributed by atoms with Crippen LogP contribution in [-0.4, -0.2) is 37.2 Å². The van der Waals surface area contributed by atoms with Gasteiger partial charge in [0.05, 0.1) is 0 Å². The van der Waals surface area contributed by atoms with Gasteiger partial charge >= 0.3 is 17.9 Å². The molecule has 0 spiro atoms. The number of carbonyl (C=O) groups is 3. The van der Waals surface area contributed by atoms with Gasteiger partial charge in [-0.1, -0.05) is 226 Å². The fraction of sp³-hybridized carbons (Fsp3) is 0.646. The molecule has 0 fully saturated rings. The minimum atomic E-state index is -0.814. The predicted molar refractivity (Wildman–Crippen MR) is 306 cm³/mol. The molecule has 71 heavy (non-hydrogen) atoms. The number of rotatable bonds is 51. The third-order valence-electron chi connectivity index (χ3n) is 11.9. The summed E-state index contributed by atoms with van der Waals surface area (Å²) in [4.78, 5) is 38.2. The highest BCUT2D eigenvalue weighted by Gasteiger charge is 2.19. The van der Waals surface area contributed by atoms with Crippen LogP contribution in [0, 0.1) is 0 Å². The maximum absolute atomic E-state index is 12.9. The monoisotopic (exact) mass is 983 g/mol. The van der Waals surface area contributed by atoms with Crippen molar-refractivity contribution in [3.63, 3.8) is 0 Å². The van der Waals surface area contributed by atoms with Gasteiger partial charge in [-0.05, 0) is 128 Å². The lowest BCUT2D eigenvalue weighted by Gasteiger charge is -2.18. The van der Waals surface area contributed by atoms with E-state index in [1.54, 1.807) is 0 Å². The molecular weight excluding hydrogens is 877 g/mol. The first-order valence-electron chi connectivity index (χ1n) is 29.0. The Hall–Kier alpha value is -4.19. The van der Waals surface area contributed by atoms with Crippen LogP contribution in [0.4, 0.5) is 0 Å². The van der Waals surface area contributed by atoms with Crippen LogP contribution in [0.25, 0.3) is 0 Å². The molecule has 6 nitrogen and oxygen atoms in total. The standard InChI is InChI=1S/C65H106O6/c1-4-7-10-13-16-19-22-25-28-30-32-34-37-40-43-46-49-52-55-58-64(67)70-61-62(60-69-63(66)57-54-51-48-45-42-39-36-27-24-21-18-15-12-9-6-3)71-65(68)59-56-53-50-47-44-41-38-35-33-31-29-26-23-20-17-14-11-8-5-2/h7,9-10,12,16,18-19,21,25-29,32,34,36,40,42-43,45,62H,4-6,8,11,13-15,17,20,22-24,30-31,33,35,37-39,41,44,46-61H2,1-3H3/b10-7-,12-9-,19-16-,21-18-,28-25-,29-26-,34-32-,36-27-,43-40-,45-42-. The van der Waals surface area contributed by atoms with E-state index < -0.39 is 6.10 Å². The minimum Gasteiger partial charge on any atom is -0.462 e. The van der Waals surface area contributed by atoms with Gasteiger partial charge in [-0.25, -0.2) is 0 Å². The maximum Gasteiger partial charge on any atom is 0.306 e. The van der Waals surface area contributed by atoms with Crippen molar-refractivity contribution in [3.8, 4) is 0 Å². The van der Waals surface area contributed by atoms with Crippen LogP contribution < -0.4 is 0 Å². The van der Waals surface area contributed by atoms with Gasteiger partial charge in [0.15, 0.2) is 6.10 Å². The SMILES string of the molecule is CC/C=C\C/C=C\C/C=C\C/C=C\C/C=C\CCCCCC(=O)OCC(COC(=O)CCCC/C=C\C/C=C\C/C=C\C/C=C\CC)OC(=O)CCCCCCCCCCC/C=C\CCCCCCCC. The Morgan fingerprint density at radius 2 is 0.549 bits per heavy atom. The highest BCUT2D eigenvalue weighted by Crippen LogP contribution is 2.14. The molecule has 0 aromatic heterocycles. The Morgan fingerprint density at radius 3 is 0.915 bits per heavy atom. The van der Waals surface area contributed by atoms with E-state index in [-0.39, 0.29) is 31.1 Å². The molecule has 0 bridgehead atoms. The zero-order chi connectivity index (χ0) is 51.4. The van der Waals surface area contributed by atoms with Gasteiger partial charge in [-0.3, -0.25) is 14.4 Å². The number of allylic oxidation sites excluding steroid dienone is 20. The average molecular weight is 984 g/mol. The highest BCUT2D eigenvalue weighted by atomic mass is 16.6. The van der Waals surface area contributed by atoms with Crippen molar-refractivity contribution in [3.05, 3.63) is 122 Å². The average Bonchev–Trinajstić information content (AvgIpc) is 3.37. The molecule has 0 amide bonds. The maximum atomic E-state index is 12.9. The molecule has 0 aromatic rings. The molecule has 0 heterocycles. The van der Waals surface area contributed by atoms with Crippen molar-refractivity contribution in [2.75, 3.05) is 13.2 Å². The van der Waals surface area contributed by atoms with Crippen LogP contribution in [0.1, 0.15) is 252 Å². The summed E-state index contributed by atoms with van der Waals surface area (Å²) in [5.41, 5.74) is 0. The van der Waals surface area contributed by atoms with Crippen LogP contribution in [0.15, 0.2) is 122 Å². The fourth-order valence-corrected chi connectivity index (χ4v) is 7.63. The second-order valence-electron chi connectivity index (χ2n) is 18.8. The van der Waals surface area contributed by atoms with Gasteiger partial charge in [0, 0.05) is 19.3 Å². The van der Waals surface area contributed by atoms with Crippen LogP contribution in [0.5, 0.6) is 0 Å². The first-order chi connectivity index (χ1) is 35.0. The summed E-state index contributed by atoms with van der Waals surface area (Å²) in [6.07, 6.45) is 80.5. The molecule has 0 saturated heterocycles. The number of ether oxygens (including phenoxy) is 3. The van der Waals surface area contributed by atoms with Gasteiger partial charge < -0.3 is 14.2 Å². The molecule has 0 aliphatic heterocycles. The van der Waals surface area contributed by atoms with E-state index in [1.807, 2.05) is 0 Å². The Bertz CT molecular complexity index is 1500. The summed E-state index contributed by atoms with van der Waals surface area (Å²) >= 11 is 0. The molecule has 0 saturated carbocycles. The zero-order valence-electron chi connectivity index (χ0n) is 45.9. The van der Waals surface area contributed by atoms with Crippen molar-refractivity contribution in [1.82, 2.24) is 0 Å². The number of unbranched alkanes of at least 4 members (excludes halogenated alkanes) is 20. The van der Waals surface area contributed by atoms with E-state index in [4.69, 9.17) is 14.2 Å². The lowest BCUT2D eigenvalue weighted by atomic mass is 10.1. The number of hydrogen-bond donors (Lipinski definition) is 0. The van der Waals surface area contributed by atoms with E-state index in [2.05, 4.69) is 142 Å². The molecular formula is C65H106O6. The number of esters is 3. The highest BCUT2D eigenvalue weighted by molar-refractivity contribution is 5.71. The normalized spacial score (nSPS) is 13.0. The van der Waals surface area contributed by atoms with Gasteiger partial charge in [-0.2, -0.15) is 0 Å². The van der Waals surface area contributed by atoms with Crippen LogP contribution in [-0.2, 0) is 28.6 Å². The number of hydrogen-bond acceptors (Lipinski definition) is 6. The summed E-state index contributed by atoms with van der Waals surface area (Å²) < 4.78 is 16.8. The molecule has 402 valence electrons. The second-order valence-corrected chi connectivity index (χ2v) is 18.8. The van der Waals surface area contributed by atoms with E-state index in [0.717, 1.165) is 116 Å². The fourth-order valence-electron chi connectivity index (χ4n) is 7.63. The molecule has 6 heteroatoms. The van der Waals surface area contributed by atoms with Crippen LogP contribution >= 0.6 is 0 Å². The number of carbonyl (C=O) groups excluding carboxylic acids is 3. The van der Waals surface area contributed by atoms with Crippen molar-refractivity contribution < 1.29 is 28.6 Å². The van der Waals surface area contributed by atoms with E-state index >= 15 is 0 Å². The summed E-state index contributed by atoms with van der Waals surface area (Å²) in [5, 5.41) is 0. The van der Waals surface area contributed by atoms with Gasteiger partial charge in [0.25, 0.3) is 0 Å². The lowest BCUT2D eigenvalue weighted by molar-refractivity contribution is -0.167. The molecule has 1 atom stereocenters. The first kappa shape index (κ1) is 66.8. The molecule has 0 N–H and O–H groups in total. The molecule has 1 unspecified atom stereocenters. The Kier molecular flexibility index (Phi) is 54.9. The summed E-state index contributed by atoms with van der Waals surface area (Å²) in [7, 11) is 0. The van der Waals surface area contributed by atoms with Gasteiger partial charge in [-0.15, -0.1) is 0 Å². The summed E-state index contributed by atoms with van der Waals surface area (Å²) in [6.45, 7) is 6.34. The smallest absolute Gasteiger partial charge is 0.306 e. The zero-order valence-corrected chi connectivity index (χ0v) is 45.9. The molecule has 0 aliphatic carbocycles. The summed E-state index contributed by atoms with van der Waals surface area (Å²) in [6, 6.07) is 0. The van der Waals surface area contributed by atoms with Crippen molar-refractivity contribution in [2.45, 2.75) is 258 Å².